The molecule has 2 aromatic rings. The maximum Gasteiger partial charge on any atom is 0.240 e. The van der Waals surface area contributed by atoms with Gasteiger partial charge in [-0.05, 0) is 60.2 Å². The highest BCUT2D eigenvalue weighted by molar-refractivity contribution is 7.89. The Hall–Kier alpha value is -2.40. The van der Waals surface area contributed by atoms with Crippen LogP contribution in [-0.2, 0) is 34.2 Å². The summed E-state index contributed by atoms with van der Waals surface area (Å²) in [4.78, 5) is 11.8. The SMILES string of the molecule is CNS(=O)(=O)c1ccc(CC(C)(C)C)cc1CNCC(O)C(Cc1cc(F)cc(F)c1)NC(C)=O. The maximum atomic E-state index is 13.6. The Balaban J connectivity index is 2.18. The van der Waals surface area contributed by atoms with Crippen LogP contribution in [0.15, 0.2) is 41.3 Å². The van der Waals surface area contributed by atoms with Crippen LogP contribution in [0.25, 0.3) is 0 Å². The lowest BCUT2D eigenvalue weighted by Gasteiger charge is -2.25. The van der Waals surface area contributed by atoms with Gasteiger partial charge in [0.1, 0.15) is 11.6 Å². The Morgan fingerprint density at radius 3 is 2.23 bits per heavy atom. The molecule has 2 rings (SSSR count). The number of halogens is 2. The lowest BCUT2D eigenvalue weighted by Crippen LogP contribution is -2.48. The van der Waals surface area contributed by atoms with E-state index in [2.05, 4.69) is 36.1 Å². The molecule has 0 aliphatic heterocycles. The summed E-state index contributed by atoms with van der Waals surface area (Å²) < 4.78 is 54.5. The normalized spacial score (nSPS) is 13.9. The zero-order valence-electron chi connectivity index (χ0n) is 20.8. The molecule has 0 spiro atoms. The molecule has 10 heteroatoms. The molecule has 0 fully saturated rings. The van der Waals surface area contributed by atoms with Crippen molar-refractivity contribution in [3.63, 3.8) is 0 Å². The second kappa shape index (κ2) is 12.0. The van der Waals surface area contributed by atoms with E-state index in [1.165, 1.54) is 14.0 Å². The van der Waals surface area contributed by atoms with Crippen LogP contribution in [0.3, 0.4) is 0 Å². The molecule has 0 radical (unpaired) electrons. The predicted octanol–water partition coefficient (Wildman–Crippen LogP) is 2.66. The van der Waals surface area contributed by atoms with Gasteiger partial charge in [-0.25, -0.2) is 21.9 Å². The predicted molar refractivity (Wildman–Crippen MR) is 131 cm³/mol. The summed E-state index contributed by atoms with van der Waals surface area (Å²) in [5, 5.41) is 16.4. The number of hydrogen-bond acceptors (Lipinski definition) is 5. The number of amides is 1. The van der Waals surface area contributed by atoms with Gasteiger partial charge in [-0.2, -0.15) is 0 Å². The highest BCUT2D eigenvalue weighted by Crippen LogP contribution is 2.24. The fourth-order valence-corrected chi connectivity index (χ4v) is 4.83. The van der Waals surface area contributed by atoms with Gasteiger partial charge in [0, 0.05) is 26.1 Å². The summed E-state index contributed by atoms with van der Waals surface area (Å²) in [7, 11) is -2.36. The van der Waals surface area contributed by atoms with Crippen molar-refractivity contribution < 1.29 is 27.1 Å². The van der Waals surface area contributed by atoms with Crippen molar-refractivity contribution in [1.29, 1.82) is 0 Å². The first-order valence-corrected chi connectivity index (χ1v) is 12.8. The molecule has 0 aliphatic rings. The van der Waals surface area contributed by atoms with Crippen molar-refractivity contribution in [3.05, 3.63) is 64.7 Å². The van der Waals surface area contributed by atoms with E-state index >= 15 is 0 Å². The molecule has 1 amide bonds. The summed E-state index contributed by atoms with van der Waals surface area (Å²) in [6.07, 6.45) is -0.346. The number of hydrogen-bond donors (Lipinski definition) is 4. The molecular weight excluding hydrogens is 476 g/mol. The maximum absolute atomic E-state index is 13.6. The van der Waals surface area contributed by atoms with Gasteiger partial charge in [-0.15, -0.1) is 0 Å². The van der Waals surface area contributed by atoms with Gasteiger partial charge in [-0.3, -0.25) is 4.79 Å². The minimum atomic E-state index is -3.70. The molecule has 0 aliphatic carbocycles. The fraction of sp³-hybridized carbons (Fsp3) is 0.480. The van der Waals surface area contributed by atoms with E-state index in [0.717, 1.165) is 30.2 Å². The lowest BCUT2D eigenvalue weighted by atomic mass is 9.87. The topological polar surface area (TPSA) is 108 Å². The monoisotopic (exact) mass is 511 g/mol. The summed E-state index contributed by atoms with van der Waals surface area (Å²) >= 11 is 0. The zero-order chi connectivity index (χ0) is 26.4. The third-order valence-electron chi connectivity index (χ3n) is 5.32. The van der Waals surface area contributed by atoms with Crippen molar-refractivity contribution in [1.82, 2.24) is 15.4 Å². The van der Waals surface area contributed by atoms with Crippen LogP contribution < -0.4 is 15.4 Å². The second-order valence-corrected chi connectivity index (χ2v) is 11.7. The number of rotatable bonds is 11. The summed E-state index contributed by atoms with van der Waals surface area (Å²) in [6, 6.07) is 7.42. The van der Waals surface area contributed by atoms with Gasteiger partial charge in [0.15, 0.2) is 0 Å². The van der Waals surface area contributed by atoms with E-state index in [1.54, 1.807) is 12.1 Å². The fourth-order valence-electron chi connectivity index (χ4n) is 3.89. The average Bonchev–Trinajstić information content (AvgIpc) is 2.71. The molecule has 2 aromatic carbocycles. The number of sulfonamides is 1. The first-order chi connectivity index (χ1) is 16.2. The number of nitrogens with one attached hydrogen (secondary N) is 3. The number of carbonyl (C=O) groups is 1. The van der Waals surface area contributed by atoms with Gasteiger partial charge < -0.3 is 15.7 Å². The molecule has 0 bridgehead atoms. The van der Waals surface area contributed by atoms with Crippen LogP contribution in [0.1, 0.15) is 44.4 Å². The number of benzene rings is 2. The van der Waals surface area contributed by atoms with E-state index in [0.29, 0.717) is 5.56 Å². The van der Waals surface area contributed by atoms with Crippen LogP contribution in [-0.4, -0.2) is 45.2 Å². The second-order valence-electron chi connectivity index (χ2n) is 9.87. The Bertz CT molecular complexity index is 1110. The smallest absolute Gasteiger partial charge is 0.240 e. The molecule has 0 saturated carbocycles. The molecular formula is C25H35F2N3O4S. The van der Waals surface area contributed by atoms with Crippen molar-refractivity contribution in [2.45, 2.75) is 64.1 Å². The van der Waals surface area contributed by atoms with E-state index in [4.69, 9.17) is 0 Å². The van der Waals surface area contributed by atoms with Crippen LogP contribution in [0.4, 0.5) is 8.78 Å². The van der Waals surface area contributed by atoms with Crippen molar-refractivity contribution >= 4 is 15.9 Å². The standard InChI is InChI=1S/C25H35F2N3O4S/c1-16(31)30-22(11-18-9-20(26)12-21(27)10-18)23(32)15-29-14-19-8-17(13-25(2,3)4)6-7-24(19)35(33,34)28-5/h6-10,12,22-23,28-29,32H,11,13-15H2,1-5H3,(H,30,31). The Labute approximate surface area is 206 Å². The summed E-state index contributed by atoms with van der Waals surface area (Å²) in [5.74, 6) is -1.89. The van der Waals surface area contributed by atoms with Gasteiger partial charge in [0.25, 0.3) is 0 Å². The van der Waals surface area contributed by atoms with E-state index < -0.39 is 39.7 Å². The molecule has 35 heavy (non-hydrogen) atoms. The number of aliphatic hydroxyl groups excluding tert-OH is 1. The quantitative estimate of drug-likeness (QED) is 0.371. The van der Waals surface area contributed by atoms with Crippen molar-refractivity contribution in [2.24, 2.45) is 5.41 Å². The van der Waals surface area contributed by atoms with E-state index in [9.17, 15) is 27.1 Å². The lowest BCUT2D eigenvalue weighted by molar-refractivity contribution is -0.120. The molecule has 7 nitrogen and oxygen atoms in total. The zero-order valence-corrected chi connectivity index (χ0v) is 21.6. The van der Waals surface area contributed by atoms with Crippen LogP contribution >= 0.6 is 0 Å². The molecule has 0 saturated heterocycles. The molecule has 0 aromatic heterocycles. The highest BCUT2D eigenvalue weighted by atomic mass is 32.2. The van der Waals surface area contributed by atoms with Crippen molar-refractivity contribution in [3.8, 4) is 0 Å². The first kappa shape index (κ1) is 28.8. The van der Waals surface area contributed by atoms with Gasteiger partial charge >= 0.3 is 0 Å². The third kappa shape index (κ3) is 9.29. The molecule has 4 N–H and O–H groups in total. The van der Waals surface area contributed by atoms with Gasteiger partial charge in [-0.1, -0.05) is 32.9 Å². The Kier molecular flexibility index (Phi) is 9.91. The van der Waals surface area contributed by atoms with Crippen molar-refractivity contribution in [2.75, 3.05) is 13.6 Å². The first-order valence-electron chi connectivity index (χ1n) is 11.4. The minimum absolute atomic E-state index is 0.00524. The van der Waals surface area contributed by atoms with Crippen LogP contribution in [0.5, 0.6) is 0 Å². The average molecular weight is 512 g/mol. The van der Waals surface area contributed by atoms with Crippen LogP contribution in [0.2, 0.25) is 0 Å². The molecule has 2 atom stereocenters. The Morgan fingerprint density at radius 2 is 1.69 bits per heavy atom. The largest absolute Gasteiger partial charge is 0.390 e. The van der Waals surface area contributed by atoms with E-state index in [1.807, 2.05) is 6.07 Å². The summed E-state index contributed by atoms with van der Waals surface area (Å²) in [5.41, 5.74) is 1.81. The Morgan fingerprint density at radius 1 is 1.06 bits per heavy atom. The number of carbonyl (C=O) groups excluding carboxylic acids is 1. The summed E-state index contributed by atoms with van der Waals surface area (Å²) in [6.45, 7) is 7.71. The van der Waals surface area contributed by atoms with Crippen LogP contribution in [0, 0.1) is 17.0 Å². The highest BCUT2D eigenvalue weighted by Gasteiger charge is 2.23. The minimum Gasteiger partial charge on any atom is -0.390 e. The molecule has 194 valence electrons. The van der Waals surface area contributed by atoms with Gasteiger partial charge in [0.05, 0.1) is 17.0 Å². The molecule has 0 heterocycles. The third-order valence-corrected chi connectivity index (χ3v) is 6.83. The van der Waals surface area contributed by atoms with Gasteiger partial charge in [0.2, 0.25) is 15.9 Å². The molecule has 2 unspecified atom stereocenters. The number of aliphatic hydroxyl groups is 1. The van der Waals surface area contributed by atoms with E-state index in [-0.39, 0.29) is 35.4 Å².